The van der Waals surface area contributed by atoms with Crippen molar-refractivity contribution in [3.8, 4) is 0 Å². The minimum Gasteiger partial charge on any atom is -0.444 e. The largest absolute Gasteiger partial charge is 0.444 e. The molecule has 0 aliphatic heterocycles. The Kier molecular flexibility index (Phi) is 6.11. The summed E-state index contributed by atoms with van der Waals surface area (Å²) in [7, 11) is 0. The summed E-state index contributed by atoms with van der Waals surface area (Å²) in [4.78, 5) is 13.4. The van der Waals surface area contributed by atoms with Crippen LogP contribution >= 0.6 is 0 Å². The number of carbonyl (C=O) groups excluding carboxylic acids is 1. The summed E-state index contributed by atoms with van der Waals surface area (Å²) in [6.45, 7) is 11.7. The predicted octanol–water partition coefficient (Wildman–Crippen LogP) is 2.49. The van der Waals surface area contributed by atoms with Crippen LogP contribution in [-0.2, 0) is 4.74 Å². The minimum absolute atomic E-state index is 0.354. The highest BCUT2D eigenvalue weighted by Crippen LogP contribution is 2.12. The maximum atomic E-state index is 11.9. The number of nitrogens with two attached hydrogens (primary N) is 1. The van der Waals surface area contributed by atoms with E-state index >= 15 is 0 Å². The van der Waals surface area contributed by atoms with E-state index in [2.05, 4.69) is 6.58 Å². The topological polar surface area (TPSA) is 55.6 Å². The molecule has 0 aromatic carbocycles. The van der Waals surface area contributed by atoms with E-state index in [1.807, 2.05) is 27.7 Å². The van der Waals surface area contributed by atoms with Crippen LogP contribution in [0.25, 0.3) is 0 Å². The Hall–Kier alpha value is -1.03. The van der Waals surface area contributed by atoms with Crippen molar-refractivity contribution in [2.24, 2.45) is 5.73 Å². The molecule has 4 heteroatoms. The monoisotopic (exact) mass is 228 g/mol. The molecule has 0 aromatic rings. The van der Waals surface area contributed by atoms with Crippen molar-refractivity contribution in [2.75, 3.05) is 6.54 Å². The van der Waals surface area contributed by atoms with E-state index in [9.17, 15) is 4.79 Å². The van der Waals surface area contributed by atoms with Gasteiger partial charge in [-0.1, -0.05) is 13.0 Å². The second-order valence-corrected chi connectivity index (χ2v) is 4.77. The molecule has 2 N–H and O–H groups in total. The zero-order valence-electron chi connectivity index (χ0n) is 10.8. The van der Waals surface area contributed by atoms with Gasteiger partial charge in [-0.05, 0) is 33.6 Å². The molecule has 0 aliphatic carbocycles. The quantitative estimate of drug-likeness (QED) is 0.581. The second kappa shape index (κ2) is 6.53. The number of hydrogen-bond donors (Lipinski definition) is 1. The van der Waals surface area contributed by atoms with Gasteiger partial charge >= 0.3 is 6.09 Å². The molecule has 0 rings (SSSR count). The molecule has 94 valence electrons. The van der Waals surface area contributed by atoms with Gasteiger partial charge in [0.2, 0.25) is 0 Å². The Bertz CT molecular complexity index is 234. The molecule has 1 amide bonds. The van der Waals surface area contributed by atoms with Crippen LogP contribution in [0.5, 0.6) is 0 Å². The number of carbonyl (C=O) groups is 1. The van der Waals surface area contributed by atoms with Crippen LogP contribution in [0.1, 0.15) is 40.5 Å². The minimum atomic E-state index is -0.489. The van der Waals surface area contributed by atoms with Gasteiger partial charge in [0, 0.05) is 6.54 Å². The van der Waals surface area contributed by atoms with Crippen molar-refractivity contribution in [1.29, 1.82) is 0 Å². The van der Waals surface area contributed by atoms with Crippen molar-refractivity contribution in [3.63, 3.8) is 0 Å². The van der Waals surface area contributed by atoms with E-state index in [1.54, 1.807) is 11.0 Å². The summed E-state index contributed by atoms with van der Waals surface area (Å²) >= 11 is 0. The molecule has 4 nitrogen and oxygen atoms in total. The fourth-order valence-corrected chi connectivity index (χ4v) is 1.25. The molecule has 0 saturated heterocycles. The van der Waals surface area contributed by atoms with Crippen molar-refractivity contribution < 1.29 is 9.53 Å². The smallest absolute Gasteiger partial charge is 0.411 e. The third-order valence-corrected chi connectivity index (χ3v) is 1.90. The maximum absolute atomic E-state index is 11.9. The van der Waals surface area contributed by atoms with Gasteiger partial charge in [-0.25, -0.2) is 4.79 Å². The summed E-state index contributed by atoms with van der Waals surface area (Å²) in [5.74, 6) is 0. The van der Waals surface area contributed by atoms with Crippen molar-refractivity contribution in [1.82, 2.24) is 4.90 Å². The van der Waals surface area contributed by atoms with Gasteiger partial charge in [0.15, 0.2) is 0 Å². The van der Waals surface area contributed by atoms with Crippen LogP contribution in [0.2, 0.25) is 0 Å². The summed E-state index contributed by atoms with van der Waals surface area (Å²) in [6.07, 6.45) is 2.41. The number of ether oxygens (including phenoxy) is 1. The van der Waals surface area contributed by atoms with Crippen molar-refractivity contribution in [3.05, 3.63) is 12.7 Å². The van der Waals surface area contributed by atoms with E-state index < -0.39 is 5.60 Å². The lowest BCUT2D eigenvalue weighted by Crippen LogP contribution is -2.48. The fraction of sp³-hybridized carbons (Fsp3) is 0.750. The summed E-state index contributed by atoms with van der Waals surface area (Å²) in [5, 5.41) is 0. The lowest BCUT2D eigenvalue weighted by Gasteiger charge is -2.30. The first-order chi connectivity index (χ1) is 7.31. The highest BCUT2D eigenvalue weighted by molar-refractivity contribution is 5.68. The van der Waals surface area contributed by atoms with Crippen LogP contribution in [0, 0.1) is 0 Å². The van der Waals surface area contributed by atoms with Gasteiger partial charge in [0.25, 0.3) is 0 Å². The highest BCUT2D eigenvalue weighted by atomic mass is 16.6. The Labute approximate surface area is 98.4 Å². The van der Waals surface area contributed by atoms with E-state index in [0.29, 0.717) is 13.0 Å². The molecule has 0 radical (unpaired) electrons. The summed E-state index contributed by atoms with van der Waals surface area (Å²) in [6, 6.07) is 0. The lowest BCUT2D eigenvalue weighted by atomic mass is 10.2. The normalized spacial score (nSPS) is 13.1. The van der Waals surface area contributed by atoms with E-state index in [-0.39, 0.29) is 12.3 Å². The van der Waals surface area contributed by atoms with Gasteiger partial charge in [-0.2, -0.15) is 0 Å². The zero-order chi connectivity index (χ0) is 12.8. The van der Waals surface area contributed by atoms with Crippen LogP contribution in [0.3, 0.4) is 0 Å². The van der Waals surface area contributed by atoms with Gasteiger partial charge in [-0.15, -0.1) is 6.58 Å². The summed E-state index contributed by atoms with van der Waals surface area (Å²) in [5.41, 5.74) is 5.40. The van der Waals surface area contributed by atoms with E-state index in [0.717, 1.165) is 6.42 Å². The van der Waals surface area contributed by atoms with E-state index in [1.165, 1.54) is 0 Å². The zero-order valence-corrected chi connectivity index (χ0v) is 10.8. The SMILES string of the molecule is C=CCC(N)N(CCC)C(=O)OC(C)(C)C. The van der Waals surface area contributed by atoms with Crippen LogP contribution < -0.4 is 5.73 Å². The Morgan fingerprint density at radius 1 is 1.56 bits per heavy atom. The fourth-order valence-electron chi connectivity index (χ4n) is 1.25. The first kappa shape index (κ1) is 15.0. The number of rotatable bonds is 5. The third-order valence-electron chi connectivity index (χ3n) is 1.90. The van der Waals surface area contributed by atoms with Crippen molar-refractivity contribution >= 4 is 6.09 Å². The second-order valence-electron chi connectivity index (χ2n) is 4.77. The molecular weight excluding hydrogens is 204 g/mol. The Morgan fingerprint density at radius 3 is 2.50 bits per heavy atom. The molecule has 0 heterocycles. The molecule has 1 atom stereocenters. The van der Waals surface area contributed by atoms with Crippen LogP contribution in [0.4, 0.5) is 4.79 Å². The van der Waals surface area contributed by atoms with Crippen LogP contribution in [-0.4, -0.2) is 29.3 Å². The van der Waals surface area contributed by atoms with E-state index in [4.69, 9.17) is 10.5 Å². The molecular formula is C12H24N2O2. The number of nitrogens with zero attached hydrogens (tertiary/aromatic N) is 1. The number of amides is 1. The lowest BCUT2D eigenvalue weighted by molar-refractivity contribution is 0.0168. The molecule has 1 unspecified atom stereocenters. The Balaban J connectivity index is 4.51. The van der Waals surface area contributed by atoms with Gasteiger partial charge in [0.05, 0.1) is 6.17 Å². The first-order valence-electron chi connectivity index (χ1n) is 5.68. The average Bonchev–Trinajstić information content (AvgIpc) is 2.11. The molecule has 0 fully saturated rings. The molecule has 0 saturated carbocycles. The molecule has 16 heavy (non-hydrogen) atoms. The first-order valence-corrected chi connectivity index (χ1v) is 5.68. The standard InChI is InChI=1S/C12H24N2O2/c1-6-8-10(13)14(9-7-2)11(15)16-12(3,4)5/h6,10H,1,7-9,13H2,2-5H3. The van der Waals surface area contributed by atoms with Gasteiger partial charge < -0.3 is 10.5 Å². The van der Waals surface area contributed by atoms with Crippen LogP contribution in [0.15, 0.2) is 12.7 Å². The van der Waals surface area contributed by atoms with Gasteiger partial charge in [0.1, 0.15) is 5.60 Å². The highest BCUT2D eigenvalue weighted by Gasteiger charge is 2.24. The van der Waals surface area contributed by atoms with Gasteiger partial charge in [-0.3, -0.25) is 4.90 Å². The van der Waals surface area contributed by atoms with Crippen molar-refractivity contribution in [2.45, 2.75) is 52.3 Å². The Morgan fingerprint density at radius 2 is 2.12 bits per heavy atom. The predicted molar refractivity (Wildman–Crippen MR) is 66.0 cm³/mol. The average molecular weight is 228 g/mol. The molecule has 0 aliphatic rings. The summed E-state index contributed by atoms with van der Waals surface area (Å²) < 4.78 is 5.29. The molecule has 0 spiro atoms. The molecule has 0 bridgehead atoms. The number of hydrogen-bond acceptors (Lipinski definition) is 3. The maximum Gasteiger partial charge on any atom is 0.411 e. The molecule has 0 aromatic heterocycles. The third kappa shape index (κ3) is 5.75.